The lowest BCUT2D eigenvalue weighted by Gasteiger charge is -2.17. The number of rotatable bonds is 5. The fourth-order valence-corrected chi connectivity index (χ4v) is 5.08. The molecule has 1 aromatic carbocycles. The van der Waals surface area contributed by atoms with E-state index in [1.165, 1.54) is 22.9 Å². The van der Waals surface area contributed by atoms with E-state index in [-0.39, 0.29) is 18.0 Å². The Morgan fingerprint density at radius 3 is 2.93 bits per heavy atom. The summed E-state index contributed by atoms with van der Waals surface area (Å²) in [6.07, 6.45) is 4.41. The first-order valence-electron chi connectivity index (χ1n) is 9.51. The van der Waals surface area contributed by atoms with E-state index in [1.54, 1.807) is 36.6 Å². The number of aromatic nitrogens is 2. The lowest BCUT2D eigenvalue weighted by molar-refractivity contribution is -0.116. The zero-order valence-corrected chi connectivity index (χ0v) is 17.5. The number of carbonyl (C=O) groups is 1. The quantitative estimate of drug-likeness (QED) is 0.694. The summed E-state index contributed by atoms with van der Waals surface area (Å²) in [6, 6.07) is 5.14. The second-order valence-electron chi connectivity index (χ2n) is 7.32. The number of carbonyl (C=O) groups excluding carboxylic acids is 1. The van der Waals surface area contributed by atoms with Gasteiger partial charge in [-0.25, -0.2) is 4.98 Å². The number of fused-ring (bicyclic) bond motifs is 3. The van der Waals surface area contributed by atoms with E-state index < -0.39 is 0 Å². The zero-order chi connectivity index (χ0) is 20.5. The van der Waals surface area contributed by atoms with E-state index in [2.05, 4.69) is 17.2 Å². The average Bonchev–Trinajstić information content (AvgIpc) is 3.08. The molecule has 0 fully saturated rings. The Kier molecular flexibility index (Phi) is 5.27. The van der Waals surface area contributed by atoms with Gasteiger partial charge in [0, 0.05) is 10.9 Å². The Bertz CT molecular complexity index is 1130. The third-order valence-corrected chi connectivity index (χ3v) is 6.44. The maximum Gasteiger partial charge on any atom is 0.262 e. The molecule has 0 bridgehead atoms. The van der Waals surface area contributed by atoms with Crippen LogP contribution in [0.4, 0.5) is 5.69 Å². The normalized spacial score (nSPS) is 15.8. The number of thiophene rings is 1. The van der Waals surface area contributed by atoms with Crippen molar-refractivity contribution in [3.05, 3.63) is 45.3 Å². The molecule has 1 aliphatic rings. The maximum atomic E-state index is 13.1. The highest BCUT2D eigenvalue weighted by Crippen LogP contribution is 2.35. The topological polar surface area (TPSA) is 82.4 Å². The van der Waals surface area contributed by atoms with Crippen molar-refractivity contribution in [2.24, 2.45) is 5.92 Å². The van der Waals surface area contributed by atoms with Crippen molar-refractivity contribution in [2.75, 3.05) is 19.5 Å². The van der Waals surface area contributed by atoms with Crippen LogP contribution in [0.2, 0.25) is 0 Å². The van der Waals surface area contributed by atoms with Crippen molar-refractivity contribution < 1.29 is 14.3 Å². The van der Waals surface area contributed by atoms with Crippen molar-refractivity contribution >= 4 is 33.1 Å². The summed E-state index contributed by atoms with van der Waals surface area (Å²) >= 11 is 1.60. The number of hydrogen-bond donors (Lipinski definition) is 1. The monoisotopic (exact) mass is 413 g/mol. The Morgan fingerprint density at radius 1 is 1.34 bits per heavy atom. The molecule has 8 heteroatoms. The highest BCUT2D eigenvalue weighted by atomic mass is 32.1. The van der Waals surface area contributed by atoms with Crippen molar-refractivity contribution in [2.45, 2.75) is 32.7 Å². The summed E-state index contributed by atoms with van der Waals surface area (Å²) in [5, 5.41) is 3.47. The van der Waals surface area contributed by atoms with Gasteiger partial charge in [0.1, 0.15) is 22.9 Å². The molecule has 1 aliphatic carbocycles. The van der Waals surface area contributed by atoms with Crippen LogP contribution in [-0.2, 0) is 24.2 Å². The van der Waals surface area contributed by atoms with Gasteiger partial charge >= 0.3 is 0 Å². The Hall–Kier alpha value is -2.87. The summed E-state index contributed by atoms with van der Waals surface area (Å²) in [6.45, 7) is 2.11. The number of nitrogens with one attached hydrogen (secondary N) is 1. The second-order valence-corrected chi connectivity index (χ2v) is 8.41. The molecule has 0 saturated carbocycles. The summed E-state index contributed by atoms with van der Waals surface area (Å²) < 4.78 is 11.9. The first-order valence-corrected chi connectivity index (χ1v) is 10.3. The molecule has 152 valence electrons. The van der Waals surface area contributed by atoms with Gasteiger partial charge in [0.15, 0.2) is 0 Å². The van der Waals surface area contributed by atoms with Gasteiger partial charge in [-0.2, -0.15) is 0 Å². The number of benzene rings is 1. The summed E-state index contributed by atoms with van der Waals surface area (Å²) in [5.41, 5.74) is 1.44. The Morgan fingerprint density at radius 2 is 2.17 bits per heavy atom. The number of amides is 1. The van der Waals surface area contributed by atoms with Gasteiger partial charge in [-0.05, 0) is 42.9 Å². The van der Waals surface area contributed by atoms with Crippen LogP contribution in [0.5, 0.6) is 11.5 Å². The lowest BCUT2D eigenvalue weighted by atomic mass is 9.89. The summed E-state index contributed by atoms with van der Waals surface area (Å²) in [4.78, 5) is 32.1. The number of nitrogens with zero attached hydrogens (tertiary/aromatic N) is 2. The van der Waals surface area contributed by atoms with Gasteiger partial charge in [-0.3, -0.25) is 14.2 Å². The zero-order valence-electron chi connectivity index (χ0n) is 16.7. The standard InChI is InChI=1S/C21H23N3O4S/c1-12-4-6-14-17(8-12)29-20-19(14)21(26)24(11-22-20)10-18(25)23-15-9-13(27-2)5-7-16(15)28-3/h5,7,9,11-12H,4,6,8,10H2,1-3H3,(H,23,25)/t12-/m1/s1. The molecule has 0 unspecified atom stereocenters. The fourth-order valence-electron chi connectivity index (χ4n) is 3.73. The Labute approximate surface area is 172 Å². The van der Waals surface area contributed by atoms with E-state index >= 15 is 0 Å². The molecule has 3 aromatic rings. The van der Waals surface area contributed by atoms with Crippen LogP contribution >= 0.6 is 11.3 Å². The van der Waals surface area contributed by atoms with Gasteiger partial charge in [0.25, 0.3) is 5.56 Å². The number of anilines is 1. The van der Waals surface area contributed by atoms with Gasteiger partial charge in [0.2, 0.25) is 5.91 Å². The second kappa shape index (κ2) is 7.87. The van der Waals surface area contributed by atoms with Gasteiger partial charge in [0.05, 0.1) is 31.6 Å². The van der Waals surface area contributed by atoms with Crippen LogP contribution in [0.3, 0.4) is 0 Å². The first-order chi connectivity index (χ1) is 14.0. The fraction of sp³-hybridized carbons (Fsp3) is 0.381. The van der Waals surface area contributed by atoms with E-state index in [4.69, 9.17) is 9.47 Å². The largest absolute Gasteiger partial charge is 0.497 e. The van der Waals surface area contributed by atoms with E-state index in [0.29, 0.717) is 28.5 Å². The van der Waals surface area contributed by atoms with Crippen molar-refractivity contribution in [3.63, 3.8) is 0 Å². The van der Waals surface area contributed by atoms with Crippen LogP contribution in [0.15, 0.2) is 29.3 Å². The van der Waals surface area contributed by atoms with Gasteiger partial charge < -0.3 is 14.8 Å². The van der Waals surface area contributed by atoms with Gasteiger partial charge in [-0.15, -0.1) is 11.3 Å². The molecule has 29 heavy (non-hydrogen) atoms. The first kappa shape index (κ1) is 19.4. The predicted octanol–water partition coefficient (Wildman–Crippen LogP) is 3.24. The van der Waals surface area contributed by atoms with Crippen LogP contribution < -0.4 is 20.3 Å². The molecule has 0 aliphatic heterocycles. The SMILES string of the molecule is COc1ccc(OC)c(NC(=O)Cn2cnc3sc4c(c3c2=O)CC[C@@H](C)C4)c1. The molecule has 2 aromatic heterocycles. The van der Waals surface area contributed by atoms with Crippen molar-refractivity contribution in [3.8, 4) is 11.5 Å². The molecule has 7 nitrogen and oxygen atoms in total. The minimum Gasteiger partial charge on any atom is -0.497 e. The number of hydrogen-bond acceptors (Lipinski definition) is 6. The minimum absolute atomic E-state index is 0.122. The van der Waals surface area contributed by atoms with Crippen LogP contribution in [0, 0.1) is 5.92 Å². The van der Waals surface area contributed by atoms with E-state index in [0.717, 1.165) is 29.7 Å². The number of aryl methyl sites for hydroxylation is 1. The average molecular weight is 413 g/mol. The van der Waals surface area contributed by atoms with E-state index in [9.17, 15) is 9.59 Å². The minimum atomic E-state index is -0.336. The highest BCUT2D eigenvalue weighted by Gasteiger charge is 2.23. The van der Waals surface area contributed by atoms with E-state index in [1.807, 2.05) is 0 Å². The third kappa shape index (κ3) is 3.72. The maximum absolute atomic E-state index is 13.1. The lowest BCUT2D eigenvalue weighted by Crippen LogP contribution is -2.28. The highest BCUT2D eigenvalue weighted by molar-refractivity contribution is 7.18. The van der Waals surface area contributed by atoms with Crippen LogP contribution in [-0.4, -0.2) is 29.7 Å². The molecular weight excluding hydrogens is 390 g/mol. The molecule has 1 amide bonds. The summed E-state index contributed by atoms with van der Waals surface area (Å²) in [7, 11) is 3.08. The van der Waals surface area contributed by atoms with Crippen molar-refractivity contribution in [1.29, 1.82) is 0 Å². The number of methoxy groups -OCH3 is 2. The van der Waals surface area contributed by atoms with Crippen LogP contribution in [0.25, 0.3) is 10.2 Å². The molecule has 2 heterocycles. The smallest absolute Gasteiger partial charge is 0.262 e. The molecular formula is C21H23N3O4S. The molecule has 0 spiro atoms. The summed E-state index contributed by atoms with van der Waals surface area (Å²) in [5.74, 6) is 1.40. The third-order valence-electron chi connectivity index (χ3n) is 5.28. The predicted molar refractivity (Wildman–Crippen MR) is 113 cm³/mol. The molecule has 1 N–H and O–H groups in total. The molecule has 0 radical (unpaired) electrons. The Balaban J connectivity index is 1.61. The number of ether oxygens (including phenoxy) is 2. The molecule has 0 saturated heterocycles. The van der Waals surface area contributed by atoms with Gasteiger partial charge in [-0.1, -0.05) is 6.92 Å². The molecule has 4 rings (SSSR count). The molecule has 1 atom stereocenters. The van der Waals surface area contributed by atoms with Crippen LogP contribution in [0.1, 0.15) is 23.8 Å². The van der Waals surface area contributed by atoms with Crippen molar-refractivity contribution in [1.82, 2.24) is 9.55 Å².